The lowest BCUT2D eigenvalue weighted by Gasteiger charge is -2.10. The number of hydrogen-bond donors (Lipinski definition) is 1. The van der Waals surface area contributed by atoms with E-state index < -0.39 is 0 Å². The summed E-state index contributed by atoms with van der Waals surface area (Å²) in [7, 11) is 1.58. The summed E-state index contributed by atoms with van der Waals surface area (Å²) in [5.41, 5.74) is 6.47. The van der Waals surface area contributed by atoms with Crippen molar-refractivity contribution in [3.8, 4) is 17.2 Å². The quantitative estimate of drug-likeness (QED) is 0.844. The Hall–Kier alpha value is -2.23. The molecule has 0 aliphatic carbocycles. The molecule has 0 radical (unpaired) electrons. The Morgan fingerprint density at radius 2 is 1.83 bits per heavy atom. The van der Waals surface area contributed by atoms with Gasteiger partial charge in [-0.05, 0) is 30.7 Å². The van der Waals surface area contributed by atoms with E-state index in [0.717, 1.165) is 0 Å². The summed E-state index contributed by atoms with van der Waals surface area (Å²) < 4.78 is 24.0. The third kappa shape index (κ3) is 2.53. The molecule has 0 bridgehead atoms. The van der Waals surface area contributed by atoms with Crippen LogP contribution in [-0.4, -0.2) is 7.11 Å². The van der Waals surface area contributed by atoms with Gasteiger partial charge in [-0.1, -0.05) is 6.07 Å². The third-order valence-corrected chi connectivity index (χ3v) is 2.56. The largest absolute Gasteiger partial charge is 0.497 e. The molecule has 0 unspecified atom stereocenters. The van der Waals surface area contributed by atoms with E-state index in [-0.39, 0.29) is 11.5 Å². The highest BCUT2D eigenvalue weighted by atomic mass is 19.1. The fraction of sp³-hybridized carbons (Fsp3) is 0.143. The van der Waals surface area contributed by atoms with Crippen LogP contribution in [0.3, 0.4) is 0 Å². The lowest BCUT2D eigenvalue weighted by Crippen LogP contribution is -1.95. The van der Waals surface area contributed by atoms with Crippen molar-refractivity contribution in [1.82, 2.24) is 0 Å². The van der Waals surface area contributed by atoms with Crippen LogP contribution >= 0.6 is 0 Å². The standard InChI is InChI=1S/C14H14FNO2/c1-9-6-14(13(16)8-12(9)15)18-11-5-3-4-10(7-11)17-2/h3-8H,16H2,1-2H3. The van der Waals surface area contributed by atoms with Crippen LogP contribution in [-0.2, 0) is 0 Å². The molecule has 2 rings (SSSR count). The van der Waals surface area contributed by atoms with Gasteiger partial charge in [-0.3, -0.25) is 0 Å². The molecule has 0 saturated carbocycles. The van der Waals surface area contributed by atoms with Crippen molar-refractivity contribution in [2.75, 3.05) is 12.8 Å². The van der Waals surface area contributed by atoms with Crippen LogP contribution in [0.5, 0.6) is 17.2 Å². The highest BCUT2D eigenvalue weighted by Crippen LogP contribution is 2.31. The molecule has 0 aromatic heterocycles. The van der Waals surface area contributed by atoms with Crippen LogP contribution < -0.4 is 15.2 Å². The molecular formula is C14H14FNO2. The molecule has 2 N–H and O–H groups in total. The maximum Gasteiger partial charge on any atom is 0.150 e. The Morgan fingerprint density at radius 1 is 1.11 bits per heavy atom. The van der Waals surface area contributed by atoms with E-state index in [1.165, 1.54) is 6.07 Å². The first kappa shape index (κ1) is 12.2. The smallest absolute Gasteiger partial charge is 0.150 e. The third-order valence-electron chi connectivity index (χ3n) is 2.56. The molecule has 2 aromatic carbocycles. The van der Waals surface area contributed by atoms with Crippen LogP contribution in [0.15, 0.2) is 36.4 Å². The van der Waals surface area contributed by atoms with Crippen molar-refractivity contribution < 1.29 is 13.9 Å². The first-order valence-electron chi connectivity index (χ1n) is 5.47. The molecular weight excluding hydrogens is 233 g/mol. The number of nitrogen functional groups attached to an aromatic ring is 1. The van der Waals surface area contributed by atoms with Crippen molar-refractivity contribution in [3.63, 3.8) is 0 Å². The van der Waals surface area contributed by atoms with E-state index in [4.69, 9.17) is 15.2 Å². The average molecular weight is 247 g/mol. The maximum atomic E-state index is 13.3. The van der Waals surface area contributed by atoms with Crippen LogP contribution in [0.1, 0.15) is 5.56 Å². The fourth-order valence-corrected chi connectivity index (χ4v) is 1.55. The van der Waals surface area contributed by atoms with Crippen molar-refractivity contribution in [1.29, 1.82) is 0 Å². The number of methoxy groups -OCH3 is 1. The minimum Gasteiger partial charge on any atom is -0.497 e. The Labute approximate surface area is 105 Å². The number of anilines is 1. The van der Waals surface area contributed by atoms with Gasteiger partial charge in [0, 0.05) is 12.1 Å². The second-order valence-electron chi connectivity index (χ2n) is 3.92. The van der Waals surface area contributed by atoms with Crippen LogP contribution in [0.4, 0.5) is 10.1 Å². The first-order valence-corrected chi connectivity index (χ1v) is 5.47. The second-order valence-corrected chi connectivity index (χ2v) is 3.92. The lowest BCUT2D eigenvalue weighted by molar-refractivity contribution is 0.409. The van der Waals surface area contributed by atoms with Crippen molar-refractivity contribution in [2.45, 2.75) is 6.92 Å². The SMILES string of the molecule is COc1cccc(Oc2cc(C)c(F)cc2N)c1. The summed E-state index contributed by atoms with van der Waals surface area (Å²) in [6.07, 6.45) is 0. The molecule has 0 saturated heterocycles. The number of aryl methyl sites for hydroxylation is 1. The minimum atomic E-state index is -0.342. The highest BCUT2D eigenvalue weighted by molar-refractivity contribution is 5.56. The molecule has 0 heterocycles. The van der Waals surface area contributed by atoms with Gasteiger partial charge in [0.2, 0.25) is 0 Å². The maximum absolute atomic E-state index is 13.3. The van der Waals surface area contributed by atoms with Crippen LogP contribution in [0, 0.1) is 12.7 Å². The normalized spacial score (nSPS) is 10.2. The predicted molar refractivity (Wildman–Crippen MR) is 68.6 cm³/mol. The summed E-state index contributed by atoms with van der Waals surface area (Å²) in [6, 6.07) is 9.96. The molecule has 0 aliphatic heterocycles. The van der Waals surface area contributed by atoms with Crippen molar-refractivity contribution in [2.24, 2.45) is 0 Å². The molecule has 0 atom stereocenters. The zero-order valence-corrected chi connectivity index (χ0v) is 10.2. The minimum absolute atomic E-state index is 0.265. The molecule has 4 heteroatoms. The molecule has 2 aromatic rings. The summed E-state index contributed by atoms with van der Waals surface area (Å²) >= 11 is 0. The van der Waals surface area contributed by atoms with Crippen LogP contribution in [0.25, 0.3) is 0 Å². The zero-order chi connectivity index (χ0) is 13.1. The fourth-order valence-electron chi connectivity index (χ4n) is 1.55. The molecule has 0 fully saturated rings. The second kappa shape index (κ2) is 4.96. The van der Waals surface area contributed by atoms with E-state index >= 15 is 0 Å². The molecule has 0 amide bonds. The Kier molecular flexibility index (Phi) is 3.37. The topological polar surface area (TPSA) is 44.5 Å². The zero-order valence-electron chi connectivity index (χ0n) is 10.2. The predicted octanol–water partition coefficient (Wildman–Crippen LogP) is 3.52. The first-order chi connectivity index (χ1) is 8.60. The Bertz CT molecular complexity index is 570. The molecule has 0 spiro atoms. The van der Waals surface area contributed by atoms with Gasteiger partial charge in [-0.15, -0.1) is 0 Å². The molecule has 94 valence electrons. The summed E-state index contributed by atoms with van der Waals surface area (Å²) in [6.45, 7) is 1.66. The summed E-state index contributed by atoms with van der Waals surface area (Å²) in [4.78, 5) is 0. The van der Waals surface area contributed by atoms with E-state index in [0.29, 0.717) is 22.8 Å². The van der Waals surface area contributed by atoms with E-state index in [1.54, 1.807) is 38.3 Å². The monoisotopic (exact) mass is 247 g/mol. The van der Waals surface area contributed by atoms with Gasteiger partial charge in [-0.25, -0.2) is 4.39 Å². The van der Waals surface area contributed by atoms with E-state index in [9.17, 15) is 4.39 Å². The van der Waals surface area contributed by atoms with E-state index in [2.05, 4.69) is 0 Å². The number of rotatable bonds is 3. The summed E-state index contributed by atoms with van der Waals surface area (Å²) in [5.74, 6) is 1.37. The van der Waals surface area contributed by atoms with Gasteiger partial charge in [0.15, 0.2) is 5.75 Å². The number of ether oxygens (including phenoxy) is 2. The van der Waals surface area contributed by atoms with Gasteiger partial charge < -0.3 is 15.2 Å². The Morgan fingerprint density at radius 3 is 2.56 bits per heavy atom. The number of halogens is 1. The van der Waals surface area contributed by atoms with Gasteiger partial charge in [0.1, 0.15) is 17.3 Å². The molecule has 18 heavy (non-hydrogen) atoms. The van der Waals surface area contributed by atoms with Crippen LogP contribution in [0.2, 0.25) is 0 Å². The molecule has 3 nitrogen and oxygen atoms in total. The molecule has 0 aliphatic rings. The van der Waals surface area contributed by atoms with Crippen molar-refractivity contribution in [3.05, 3.63) is 47.8 Å². The van der Waals surface area contributed by atoms with Crippen molar-refractivity contribution >= 4 is 5.69 Å². The van der Waals surface area contributed by atoms with E-state index in [1.807, 2.05) is 6.07 Å². The summed E-state index contributed by atoms with van der Waals surface area (Å²) in [5, 5.41) is 0. The van der Waals surface area contributed by atoms with Gasteiger partial charge in [0.25, 0.3) is 0 Å². The average Bonchev–Trinajstić information content (AvgIpc) is 2.36. The van der Waals surface area contributed by atoms with Gasteiger partial charge >= 0.3 is 0 Å². The van der Waals surface area contributed by atoms with Gasteiger partial charge in [-0.2, -0.15) is 0 Å². The number of benzene rings is 2. The number of hydrogen-bond acceptors (Lipinski definition) is 3. The lowest BCUT2D eigenvalue weighted by atomic mass is 10.2. The van der Waals surface area contributed by atoms with Gasteiger partial charge in [0.05, 0.1) is 12.8 Å². The number of nitrogens with two attached hydrogens (primary N) is 1. The highest BCUT2D eigenvalue weighted by Gasteiger charge is 2.07. The Balaban J connectivity index is 2.30.